The molecule has 0 aliphatic heterocycles. The Morgan fingerprint density at radius 3 is 1.88 bits per heavy atom. The molecule has 0 aromatic heterocycles. The van der Waals surface area contributed by atoms with Gasteiger partial charge in [0.25, 0.3) is 0 Å². The highest BCUT2D eigenvalue weighted by Gasteiger charge is 2.44. The number of aliphatic hydroxyl groups is 1. The SMILES string of the molecule is CCCCN(CC(O)C(CC1CCCCC1)NC(=O)C1CC(C(=O)N(CCC)CCC)CC(S(=O)(=O)N(C)C)C1)NS(=O)(=O)CC1CCCCC1. The first-order chi connectivity index (χ1) is 24.2. The molecule has 3 rings (SSSR count). The second-order valence-corrected chi connectivity index (χ2v) is 20.1. The van der Waals surface area contributed by atoms with Gasteiger partial charge in [0.1, 0.15) is 0 Å². The van der Waals surface area contributed by atoms with E-state index in [2.05, 4.69) is 10.1 Å². The van der Waals surface area contributed by atoms with E-state index in [-0.39, 0.29) is 49.3 Å². The number of carbonyl (C=O) groups is 2. The molecule has 298 valence electrons. The summed E-state index contributed by atoms with van der Waals surface area (Å²) < 4.78 is 54.7. The van der Waals surface area contributed by atoms with Crippen LogP contribution in [0.3, 0.4) is 0 Å². The van der Waals surface area contributed by atoms with E-state index in [9.17, 15) is 31.5 Å². The maximum atomic E-state index is 14.2. The topological polar surface area (TPSA) is 156 Å². The van der Waals surface area contributed by atoms with Crippen molar-refractivity contribution in [3.8, 4) is 0 Å². The molecule has 2 amide bonds. The number of amides is 2. The molecule has 3 aliphatic rings. The molecule has 5 unspecified atom stereocenters. The molecular formula is C37H71N5O7S2. The van der Waals surface area contributed by atoms with Gasteiger partial charge in [-0.2, -0.15) is 0 Å². The number of hydrogen-bond donors (Lipinski definition) is 3. The average Bonchev–Trinajstić information content (AvgIpc) is 3.10. The van der Waals surface area contributed by atoms with Crippen molar-refractivity contribution >= 4 is 31.9 Å². The third-order valence-electron chi connectivity index (χ3n) is 11.4. The van der Waals surface area contributed by atoms with E-state index in [4.69, 9.17) is 0 Å². The normalized spacial score (nSPS) is 24.0. The van der Waals surface area contributed by atoms with Crippen LogP contribution in [0.25, 0.3) is 0 Å². The maximum Gasteiger partial charge on any atom is 0.225 e. The molecule has 0 spiro atoms. The Bertz CT molecular complexity index is 1260. The van der Waals surface area contributed by atoms with Crippen LogP contribution < -0.4 is 10.1 Å². The number of unbranched alkanes of at least 4 members (excludes halogenated alkanes) is 1. The zero-order chi connectivity index (χ0) is 37.6. The summed E-state index contributed by atoms with van der Waals surface area (Å²) in [6.45, 7) is 7.68. The van der Waals surface area contributed by atoms with Gasteiger partial charge in [0.05, 0.1) is 23.1 Å². The summed E-state index contributed by atoms with van der Waals surface area (Å²) in [6.07, 6.45) is 13.6. The Labute approximate surface area is 310 Å². The van der Waals surface area contributed by atoms with Gasteiger partial charge >= 0.3 is 0 Å². The molecule has 3 fully saturated rings. The van der Waals surface area contributed by atoms with Gasteiger partial charge in [-0.05, 0) is 69.6 Å². The zero-order valence-corrected chi connectivity index (χ0v) is 34.0. The predicted molar refractivity (Wildman–Crippen MR) is 203 cm³/mol. The van der Waals surface area contributed by atoms with Gasteiger partial charge in [-0.15, -0.1) is 4.83 Å². The average molecular weight is 762 g/mol. The molecule has 3 aliphatic carbocycles. The third kappa shape index (κ3) is 14.1. The molecule has 0 heterocycles. The largest absolute Gasteiger partial charge is 0.390 e. The monoisotopic (exact) mass is 761 g/mol. The van der Waals surface area contributed by atoms with Crippen molar-refractivity contribution in [2.75, 3.05) is 46.0 Å². The lowest BCUT2D eigenvalue weighted by Gasteiger charge is -2.38. The smallest absolute Gasteiger partial charge is 0.225 e. The number of nitrogens with one attached hydrogen (secondary N) is 2. The van der Waals surface area contributed by atoms with Crippen LogP contribution >= 0.6 is 0 Å². The van der Waals surface area contributed by atoms with Gasteiger partial charge in [0.2, 0.25) is 31.9 Å². The molecule has 0 aromatic carbocycles. The number of rotatable bonds is 21. The predicted octanol–water partition coefficient (Wildman–Crippen LogP) is 4.64. The Morgan fingerprint density at radius 1 is 0.765 bits per heavy atom. The minimum atomic E-state index is -3.74. The number of carbonyl (C=O) groups excluding carboxylic acids is 2. The van der Waals surface area contributed by atoms with Crippen LogP contribution in [0.5, 0.6) is 0 Å². The highest BCUT2D eigenvalue weighted by molar-refractivity contribution is 7.89. The van der Waals surface area contributed by atoms with E-state index in [1.54, 1.807) is 9.91 Å². The minimum absolute atomic E-state index is 0.0218. The molecular weight excluding hydrogens is 691 g/mol. The van der Waals surface area contributed by atoms with Gasteiger partial charge in [-0.25, -0.2) is 26.1 Å². The van der Waals surface area contributed by atoms with Crippen molar-refractivity contribution in [1.82, 2.24) is 24.4 Å². The molecule has 5 atom stereocenters. The van der Waals surface area contributed by atoms with Crippen LogP contribution in [0, 0.1) is 23.7 Å². The first-order valence-corrected chi connectivity index (χ1v) is 23.3. The number of hydrogen-bond acceptors (Lipinski definition) is 8. The van der Waals surface area contributed by atoms with Crippen LogP contribution in [0.2, 0.25) is 0 Å². The Hall–Kier alpha value is -1.32. The van der Waals surface area contributed by atoms with Crippen LogP contribution in [-0.2, 0) is 29.6 Å². The number of aliphatic hydroxyl groups excluding tert-OH is 1. The lowest BCUT2D eigenvalue weighted by atomic mass is 9.79. The van der Waals surface area contributed by atoms with Gasteiger partial charge in [-0.1, -0.05) is 78.6 Å². The van der Waals surface area contributed by atoms with Crippen LogP contribution in [0.1, 0.15) is 136 Å². The fraction of sp³-hybridized carbons (Fsp3) is 0.946. The fourth-order valence-electron chi connectivity index (χ4n) is 8.52. The molecule has 3 saturated carbocycles. The molecule has 0 saturated heterocycles. The van der Waals surface area contributed by atoms with Crippen LogP contribution in [0.15, 0.2) is 0 Å². The van der Waals surface area contributed by atoms with Crippen LogP contribution in [0.4, 0.5) is 0 Å². The quantitative estimate of drug-likeness (QED) is 0.143. The van der Waals surface area contributed by atoms with Crippen molar-refractivity contribution in [3.63, 3.8) is 0 Å². The fourth-order valence-corrected chi connectivity index (χ4v) is 11.7. The highest BCUT2D eigenvalue weighted by atomic mass is 32.2. The highest BCUT2D eigenvalue weighted by Crippen LogP contribution is 2.36. The first kappa shape index (κ1) is 44.1. The summed E-state index contributed by atoms with van der Waals surface area (Å²) in [4.78, 5) is 32.6. The second-order valence-electron chi connectivity index (χ2n) is 16.0. The molecule has 12 nitrogen and oxygen atoms in total. The van der Waals surface area contributed by atoms with Gasteiger partial charge in [-0.3, -0.25) is 9.59 Å². The van der Waals surface area contributed by atoms with Gasteiger partial charge in [0, 0.05) is 52.1 Å². The lowest BCUT2D eigenvalue weighted by molar-refractivity contribution is -0.138. The first-order valence-electron chi connectivity index (χ1n) is 20.1. The molecule has 3 N–H and O–H groups in total. The van der Waals surface area contributed by atoms with E-state index in [0.717, 1.165) is 89.9 Å². The molecule has 51 heavy (non-hydrogen) atoms. The summed E-state index contributed by atoms with van der Waals surface area (Å²) in [5.41, 5.74) is 0. The molecule has 0 radical (unpaired) electrons. The van der Waals surface area contributed by atoms with Gasteiger partial charge in [0.15, 0.2) is 0 Å². The number of sulfonamides is 2. The van der Waals surface area contributed by atoms with E-state index >= 15 is 0 Å². The van der Waals surface area contributed by atoms with E-state index in [0.29, 0.717) is 32.0 Å². The Kier molecular flexibility index (Phi) is 18.6. The molecule has 0 bridgehead atoms. The van der Waals surface area contributed by atoms with Crippen molar-refractivity contribution < 1.29 is 31.5 Å². The maximum absolute atomic E-state index is 14.2. The summed E-state index contributed by atoms with van der Waals surface area (Å²) in [5.74, 6) is -1.25. The zero-order valence-electron chi connectivity index (χ0n) is 32.4. The lowest BCUT2D eigenvalue weighted by Crippen LogP contribution is -2.55. The number of hydrazine groups is 1. The van der Waals surface area contributed by atoms with Crippen LogP contribution in [-0.4, -0.2) is 111 Å². The van der Waals surface area contributed by atoms with Crippen molar-refractivity contribution in [3.05, 3.63) is 0 Å². The number of nitrogens with zero attached hydrogens (tertiary/aromatic N) is 3. The second kappa shape index (κ2) is 21.5. The Morgan fingerprint density at radius 2 is 1.33 bits per heavy atom. The van der Waals surface area contributed by atoms with Crippen molar-refractivity contribution in [1.29, 1.82) is 0 Å². The third-order valence-corrected chi connectivity index (χ3v) is 15.0. The Balaban J connectivity index is 1.83. The minimum Gasteiger partial charge on any atom is -0.390 e. The summed E-state index contributed by atoms with van der Waals surface area (Å²) in [5, 5.41) is 15.7. The molecule has 14 heteroatoms. The van der Waals surface area contributed by atoms with Crippen molar-refractivity contribution in [2.45, 2.75) is 154 Å². The summed E-state index contributed by atoms with van der Waals surface area (Å²) >= 11 is 0. The summed E-state index contributed by atoms with van der Waals surface area (Å²) in [7, 11) is -4.39. The standard InChI is InChI=1S/C37H71N5O7S2/c1-6-9-22-42(39-50(46,47)28-30-18-14-11-15-19-30)27-35(43)34(23-29-16-12-10-13-17-29)38-36(44)31-24-32(37(45)41(20-7-2)21-8-3)26-33(25-31)51(48,49)40(4)5/h29-35,39,43H,6-28H2,1-5H3,(H,38,44). The summed E-state index contributed by atoms with van der Waals surface area (Å²) in [6, 6.07) is -0.649. The van der Waals surface area contributed by atoms with E-state index in [1.807, 2.05) is 20.8 Å². The van der Waals surface area contributed by atoms with Crippen molar-refractivity contribution in [2.24, 2.45) is 23.7 Å². The molecule has 0 aromatic rings. The van der Waals surface area contributed by atoms with E-state index in [1.165, 1.54) is 18.4 Å². The van der Waals surface area contributed by atoms with E-state index < -0.39 is 49.3 Å². The van der Waals surface area contributed by atoms with Gasteiger partial charge < -0.3 is 15.3 Å².